The van der Waals surface area contributed by atoms with Gasteiger partial charge in [0.05, 0.1) is 14.2 Å². The first-order chi connectivity index (χ1) is 9.67. The maximum Gasteiger partial charge on any atom is 0.224 e. The number of hydrogen-bond acceptors (Lipinski definition) is 5. The first-order valence-electron chi connectivity index (χ1n) is 6.26. The van der Waals surface area contributed by atoms with Gasteiger partial charge >= 0.3 is 0 Å². The third-order valence-electron chi connectivity index (χ3n) is 2.87. The highest BCUT2D eigenvalue weighted by atomic mass is 16.5. The minimum absolute atomic E-state index is 0.181. The molecule has 1 heterocycles. The van der Waals surface area contributed by atoms with E-state index in [1.165, 1.54) is 0 Å². The molecular formula is C15H18N2O3. The molecule has 0 amide bonds. The number of methoxy groups -OCH3 is 2. The van der Waals surface area contributed by atoms with Gasteiger partial charge in [0.25, 0.3) is 0 Å². The fraction of sp³-hybridized carbons (Fsp3) is 0.267. The predicted molar refractivity (Wildman–Crippen MR) is 76.5 cm³/mol. The van der Waals surface area contributed by atoms with Crippen molar-refractivity contribution in [3.05, 3.63) is 42.1 Å². The van der Waals surface area contributed by atoms with E-state index in [0.29, 0.717) is 23.1 Å². The summed E-state index contributed by atoms with van der Waals surface area (Å²) in [6, 6.07) is 8.95. The maximum atomic E-state index is 5.93. The van der Waals surface area contributed by atoms with Crippen LogP contribution in [0.2, 0.25) is 0 Å². The molecule has 0 spiro atoms. The lowest BCUT2D eigenvalue weighted by Gasteiger charge is -2.16. The topological polar surface area (TPSA) is 66.6 Å². The van der Waals surface area contributed by atoms with E-state index in [1.54, 1.807) is 32.5 Å². The summed E-state index contributed by atoms with van der Waals surface area (Å²) in [4.78, 5) is 4.23. The van der Waals surface area contributed by atoms with E-state index in [-0.39, 0.29) is 6.04 Å². The first-order valence-corrected chi connectivity index (χ1v) is 6.26. The zero-order valence-electron chi connectivity index (χ0n) is 11.8. The molecule has 0 saturated heterocycles. The predicted octanol–water partition coefficient (Wildman–Crippen LogP) is 2.91. The highest BCUT2D eigenvalue weighted by molar-refractivity contribution is 5.53. The molecule has 0 radical (unpaired) electrons. The lowest BCUT2D eigenvalue weighted by molar-refractivity contribution is 0.340. The van der Waals surface area contributed by atoms with Crippen LogP contribution in [0.4, 0.5) is 0 Å². The van der Waals surface area contributed by atoms with E-state index in [9.17, 15) is 0 Å². The third kappa shape index (κ3) is 2.83. The standard InChI is InChI=1S/C15H18N2O3/c1-10(16)11-6-5-9-17-15(11)20-14-12(18-2)7-4-8-13(14)19-3/h4-10H,16H2,1-3H3/t10-/m1/s1. The second-order valence-electron chi connectivity index (χ2n) is 4.28. The largest absolute Gasteiger partial charge is 0.493 e. The van der Waals surface area contributed by atoms with Gasteiger partial charge in [0.1, 0.15) is 0 Å². The number of ether oxygens (including phenoxy) is 3. The molecule has 106 valence electrons. The Morgan fingerprint density at radius 2 is 1.70 bits per heavy atom. The van der Waals surface area contributed by atoms with Gasteiger partial charge in [-0.1, -0.05) is 12.1 Å². The molecule has 0 aliphatic carbocycles. The number of pyridine rings is 1. The molecule has 1 aromatic carbocycles. The van der Waals surface area contributed by atoms with Crippen molar-refractivity contribution in [2.75, 3.05) is 14.2 Å². The first kappa shape index (κ1) is 14.1. The maximum absolute atomic E-state index is 5.93. The van der Waals surface area contributed by atoms with Crippen molar-refractivity contribution in [3.63, 3.8) is 0 Å². The van der Waals surface area contributed by atoms with Crippen molar-refractivity contribution >= 4 is 0 Å². The SMILES string of the molecule is COc1cccc(OC)c1Oc1ncccc1[C@@H](C)N. The molecule has 5 heteroatoms. The van der Waals surface area contributed by atoms with Crippen LogP contribution in [0.5, 0.6) is 23.1 Å². The normalized spacial score (nSPS) is 11.8. The van der Waals surface area contributed by atoms with Crippen LogP contribution in [-0.2, 0) is 0 Å². The van der Waals surface area contributed by atoms with Gasteiger partial charge in [-0.2, -0.15) is 0 Å². The molecule has 1 aromatic heterocycles. The quantitative estimate of drug-likeness (QED) is 0.908. The minimum Gasteiger partial charge on any atom is -0.493 e. The lowest BCUT2D eigenvalue weighted by atomic mass is 10.1. The molecule has 0 fully saturated rings. The van der Waals surface area contributed by atoms with Crippen molar-refractivity contribution in [1.82, 2.24) is 4.98 Å². The van der Waals surface area contributed by atoms with Gasteiger partial charge in [-0.3, -0.25) is 0 Å². The van der Waals surface area contributed by atoms with Crippen LogP contribution in [0.3, 0.4) is 0 Å². The Kier molecular flexibility index (Phi) is 4.42. The fourth-order valence-corrected chi connectivity index (χ4v) is 1.85. The van der Waals surface area contributed by atoms with Crippen LogP contribution in [0.25, 0.3) is 0 Å². The molecule has 0 unspecified atom stereocenters. The average Bonchev–Trinajstić information content (AvgIpc) is 2.47. The number of nitrogens with zero attached hydrogens (tertiary/aromatic N) is 1. The van der Waals surface area contributed by atoms with Crippen molar-refractivity contribution in [1.29, 1.82) is 0 Å². The summed E-state index contributed by atoms with van der Waals surface area (Å²) in [6.45, 7) is 1.88. The Labute approximate surface area is 118 Å². The monoisotopic (exact) mass is 274 g/mol. The molecule has 0 aliphatic heterocycles. The van der Waals surface area contributed by atoms with E-state index in [1.807, 2.05) is 25.1 Å². The summed E-state index contributed by atoms with van der Waals surface area (Å²) >= 11 is 0. The Bertz CT molecular complexity index is 563. The van der Waals surface area contributed by atoms with E-state index in [4.69, 9.17) is 19.9 Å². The molecule has 0 saturated carbocycles. The second kappa shape index (κ2) is 6.25. The van der Waals surface area contributed by atoms with Crippen LogP contribution in [0.1, 0.15) is 18.5 Å². The van der Waals surface area contributed by atoms with Gasteiger partial charge in [0.2, 0.25) is 11.6 Å². The van der Waals surface area contributed by atoms with Crippen LogP contribution >= 0.6 is 0 Å². The Morgan fingerprint density at radius 3 is 2.25 bits per heavy atom. The number of benzene rings is 1. The van der Waals surface area contributed by atoms with Gasteiger partial charge in [-0.05, 0) is 25.1 Å². The molecule has 0 aliphatic rings. The lowest BCUT2D eigenvalue weighted by Crippen LogP contribution is -2.08. The number of nitrogens with two attached hydrogens (primary N) is 1. The van der Waals surface area contributed by atoms with Crippen molar-refractivity contribution < 1.29 is 14.2 Å². The summed E-state index contributed by atoms with van der Waals surface area (Å²) in [6.07, 6.45) is 1.66. The molecule has 2 aromatic rings. The smallest absolute Gasteiger partial charge is 0.224 e. The van der Waals surface area contributed by atoms with Gasteiger partial charge in [-0.15, -0.1) is 0 Å². The summed E-state index contributed by atoms with van der Waals surface area (Å²) in [7, 11) is 3.15. The Morgan fingerprint density at radius 1 is 1.05 bits per heavy atom. The Hall–Kier alpha value is -2.27. The molecule has 20 heavy (non-hydrogen) atoms. The highest BCUT2D eigenvalue weighted by Crippen LogP contribution is 2.40. The fourth-order valence-electron chi connectivity index (χ4n) is 1.85. The molecular weight excluding hydrogens is 256 g/mol. The van der Waals surface area contributed by atoms with Crippen LogP contribution < -0.4 is 19.9 Å². The van der Waals surface area contributed by atoms with Crippen LogP contribution in [-0.4, -0.2) is 19.2 Å². The van der Waals surface area contributed by atoms with Crippen molar-refractivity contribution in [2.45, 2.75) is 13.0 Å². The van der Waals surface area contributed by atoms with Crippen molar-refractivity contribution in [2.24, 2.45) is 5.73 Å². The molecule has 0 bridgehead atoms. The zero-order chi connectivity index (χ0) is 14.5. The molecule has 2 rings (SSSR count). The minimum atomic E-state index is -0.181. The van der Waals surface area contributed by atoms with Crippen LogP contribution in [0, 0.1) is 0 Å². The molecule has 2 N–H and O–H groups in total. The average molecular weight is 274 g/mol. The van der Waals surface area contributed by atoms with E-state index in [0.717, 1.165) is 5.56 Å². The van der Waals surface area contributed by atoms with Gasteiger partial charge in [-0.25, -0.2) is 4.98 Å². The third-order valence-corrected chi connectivity index (χ3v) is 2.87. The number of para-hydroxylation sites is 1. The summed E-state index contributed by atoms with van der Waals surface area (Å²) in [5.41, 5.74) is 6.75. The van der Waals surface area contributed by atoms with Crippen LogP contribution in [0.15, 0.2) is 36.5 Å². The zero-order valence-corrected chi connectivity index (χ0v) is 11.8. The van der Waals surface area contributed by atoms with E-state index >= 15 is 0 Å². The van der Waals surface area contributed by atoms with Gasteiger partial charge < -0.3 is 19.9 Å². The van der Waals surface area contributed by atoms with E-state index < -0.39 is 0 Å². The van der Waals surface area contributed by atoms with Gasteiger partial charge in [0, 0.05) is 17.8 Å². The highest BCUT2D eigenvalue weighted by Gasteiger charge is 2.16. The number of aromatic nitrogens is 1. The summed E-state index contributed by atoms with van der Waals surface area (Å²) < 4.78 is 16.5. The second-order valence-corrected chi connectivity index (χ2v) is 4.28. The van der Waals surface area contributed by atoms with Crippen molar-refractivity contribution in [3.8, 4) is 23.1 Å². The van der Waals surface area contributed by atoms with Gasteiger partial charge in [0.15, 0.2) is 11.5 Å². The van der Waals surface area contributed by atoms with E-state index in [2.05, 4.69) is 4.98 Å². The molecule has 5 nitrogen and oxygen atoms in total. The number of hydrogen-bond donors (Lipinski definition) is 1. The molecule has 1 atom stereocenters. The Balaban J connectivity index is 2.44. The number of rotatable bonds is 5. The summed E-state index contributed by atoms with van der Waals surface area (Å²) in [5, 5.41) is 0. The summed E-state index contributed by atoms with van der Waals surface area (Å²) in [5.74, 6) is 2.08.